The fraction of sp³-hybridized carbons (Fsp3) is 0.750. The van der Waals surface area contributed by atoms with Gasteiger partial charge in [-0.25, -0.2) is 0 Å². The zero-order valence-electron chi connectivity index (χ0n) is 22.0. The van der Waals surface area contributed by atoms with Crippen LogP contribution in [0, 0.1) is 0 Å². The van der Waals surface area contributed by atoms with Crippen LogP contribution in [0.4, 0.5) is 0 Å². The number of rotatable bonds is 16. The molecule has 32 heavy (non-hydrogen) atoms. The van der Waals surface area contributed by atoms with Crippen molar-refractivity contribution in [2.45, 2.75) is 122 Å². The van der Waals surface area contributed by atoms with Crippen LogP contribution in [0.5, 0.6) is 0 Å². The van der Waals surface area contributed by atoms with Crippen molar-refractivity contribution in [3.63, 3.8) is 0 Å². The highest BCUT2D eigenvalue weighted by molar-refractivity contribution is 6.74. The maximum atomic E-state index is 6.29. The van der Waals surface area contributed by atoms with Crippen LogP contribution in [-0.4, -0.2) is 32.2 Å². The van der Waals surface area contributed by atoms with Crippen molar-refractivity contribution >= 4 is 14.0 Å². The second-order valence-corrected chi connectivity index (χ2v) is 16.0. The topological polar surface area (TPSA) is 24.6 Å². The third-order valence-electron chi connectivity index (χ3n) is 7.24. The monoisotopic (exact) mass is 458 g/mol. The average Bonchev–Trinajstić information content (AvgIpc) is 3.52. The van der Waals surface area contributed by atoms with Crippen LogP contribution in [-0.2, 0) is 4.43 Å². The van der Waals surface area contributed by atoms with Crippen LogP contribution in [0.1, 0.15) is 110 Å². The Labute approximate surface area is 200 Å². The predicted molar refractivity (Wildman–Crippen MR) is 143 cm³/mol. The van der Waals surface area contributed by atoms with E-state index < -0.39 is 8.32 Å². The number of benzene rings is 1. The highest BCUT2D eigenvalue weighted by atomic mass is 28.4. The van der Waals surface area contributed by atoms with Crippen molar-refractivity contribution in [1.29, 1.82) is 0 Å². The van der Waals surface area contributed by atoms with E-state index in [0.717, 1.165) is 13.2 Å². The molecule has 0 unspecified atom stereocenters. The molecule has 1 aliphatic heterocycles. The minimum absolute atomic E-state index is 0.325. The van der Waals surface area contributed by atoms with Crippen molar-refractivity contribution in [3.8, 4) is 0 Å². The van der Waals surface area contributed by atoms with Gasteiger partial charge in [0.15, 0.2) is 8.32 Å². The van der Waals surface area contributed by atoms with E-state index in [2.05, 4.69) is 76.1 Å². The molecule has 1 aromatic rings. The van der Waals surface area contributed by atoms with Gasteiger partial charge < -0.3 is 4.43 Å². The number of hydrogen-bond donors (Lipinski definition) is 0. The lowest BCUT2D eigenvalue weighted by molar-refractivity contribution is 0.277. The van der Waals surface area contributed by atoms with Gasteiger partial charge in [0.05, 0.1) is 12.6 Å². The molecule has 0 spiro atoms. The Balaban J connectivity index is 1.56. The second kappa shape index (κ2) is 13.5. The summed E-state index contributed by atoms with van der Waals surface area (Å²) in [6.45, 7) is 16.0. The first-order chi connectivity index (χ1) is 15.2. The molecule has 0 amide bonds. The second-order valence-electron chi connectivity index (χ2n) is 11.2. The normalized spacial score (nSPS) is 17.1. The Morgan fingerprint density at radius 3 is 2.16 bits per heavy atom. The van der Waals surface area contributed by atoms with Crippen LogP contribution in [0.3, 0.4) is 0 Å². The number of hydrogen-bond acceptors (Lipinski definition) is 3. The van der Waals surface area contributed by atoms with Crippen LogP contribution < -0.4 is 0 Å². The van der Waals surface area contributed by atoms with E-state index in [1.54, 1.807) is 0 Å². The molecule has 1 atom stereocenters. The summed E-state index contributed by atoms with van der Waals surface area (Å²) < 4.78 is 6.29. The minimum Gasteiger partial charge on any atom is -0.417 e. The number of unbranched alkanes of at least 4 members (excludes halogenated alkanes) is 7. The van der Waals surface area contributed by atoms with Crippen molar-refractivity contribution < 1.29 is 4.43 Å². The van der Waals surface area contributed by atoms with Gasteiger partial charge in [0.2, 0.25) is 0 Å². The fourth-order valence-electron chi connectivity index (χ4n) is 3.84. The van der Waals surface area contributed by atoms with Gasteiger partial charge in [-0.2, -0.15) is 5.10 Å². The summed E-state index contributed by atoms with van der Waals surface area (Å²) in [4.78, 5) is 0. The molecule has 3 nitrogen and oxygen atoms in total. The van der Waals surface area contributed by atoms with Crippen LogP contribution >= 0.6 is 0 Å². The van der Waals surface area contributed by atoms with Gasteiger partial charge in [0, 0.05) is 12.3 Å². The molecular weight excluding hydrogens is 408 g/mol. The first-order valence-corrected chi connectivity index (χ1v) is 16.2. The van der Waals surface area contributed by atoms with Gasteiger partial charge >= 0.3 is 0 Å². The maximum Gasteiger partial charge on any atom is 0.191 e. The molecule has 0 radical (unpaired) electrons. The van der Waals surface area contributed by atoms with E-state index in [-0.39, 0.29) is 0 Å². The molecule has 182 valence electrons. The van der Waals surface area contributed by atoms with Gasteiger partial charge in [-0.3, -0.25) is 5.01 Å². The quantitative estimate of drug-likeness (QED) is 0.107. The predicted octanol–water partition coefficient (Wildman–Crippen LogP) is 8.73. The Bertz CT molecular complexity index is 666. The van der Waals surface area contributed by atoms with Gasteiger partial charge in [-0.1, -0.05) is 96.6 Å². The zero-order valence-corrected chi connectivity index (χ0v) is 23.0. The number of nitrogens with zero attached hydrogens (tertiary/aromatic N) is 2. The number of hydrazone groups is 1. The summed E-state index contributed by atoms with van der Waals surface area (Å²) in [5.74, 6) is 0. The minimum atomic E-state index is -1.56. The van der Waals surface area contributed by atoms with E-state index in [1.165, 1.54) is 81.9 Å². The molecule has 0 N–H and O–H groups in total. The molecule has 0 aromatic heterocycles. The lowest BCUT2D eigenvalue weighted by Crippen LogP contribution is -2.40. The lowest BCUT2D eigenvalue weighted by atomic mass is 10.0. The summed E-state index contributed by atoms with van der Waals surface area (Å²) in [5, 5.41) is 7.64. The van der Waals surface area contributed by atoms with E-state index >= 15 is 0 Å². The summed E-state index contributed by atoms with van der Waals surface area (Å²) in [7, 11) is -1.56. The third-order valence-corrected chi connectivity index (χ3v) is 11.8. The standard InChI is InChI=1S/C28H50N2OSi/c1-7-8-21-26(29-30-24-27(30)25-19-15-14-16-20-25)22-17-12-10-9-11-13-18-23-31-32(5,6)28(2,3)4/h14-16,19-20,27H,7-13,17-18,21-24H2,1-6H3/b29-26-/t27-,30?/m0/s1. The van der Waals surface area contributed by atoms with Crippen molar-refractivity contribution in [2.75, 3.05) is 13.2 Å². The Morgan fingerprint density at radius 1 is 0.938 bits per heavy atom. The first kappa shape index (κ1) is 27.1. The van der Waals surface area contributed by atoms with Gasteiger partial charge in [0.1, 0.15) is 0 Å². The van der Waals surface area contributed by atoms with Crippen molar-refractivity contribution in [2.24, 2.45) is 5.10 Å². The molecule has 1 aliphatic rings. The van der Waals surface area contributed by atoms with E-state index in [0.29, 0.717) is 11.1 Å². The van der Waals surface area contributed by atoms with Crippen LogP contribution in [0.25, 0.3) is 0 Å². The lowest BCUT2D eigenvalue weighted by Gasteiger charge is -2.36. The van der Waals surface area contributed by atoms with Crippen molar-refractivity contribution in [3.05, 3.63) is 35.9 Å². The molecule has 1 aromatic carbocycles. The molecule has 1 heterocycles. The Kier molecular flexibility index (Phi) is 11.5. The van der Waals surface area contributed by atoms with Gasteiger partial charge in [-0.05, 0) is 55.8 Å². The molecule has 4 heteroatoms. The summed E-state index contributed by atoms with van der Waals surface area (Å²) in [6, 6.07) is 11.3. The fourth-order valence-corrected chi connectivity index (χ4v) is 4.93. The van der Waals surface area contributed by atoms with Gasteiger partial charge in [0.25, 0.3) is 0 Å². The van der Waals surface area contributed by atoms with E-state index in [9.17, 15) is 0 Å². The summed E-state index contributed by atoms with van der Waals surface area (Å²) in [5.41, 5.74) is 2.83. The molecule has 2 rings (SSSR count). The summed E-state index contributed by atoms with van der Waals surface area (Å²) >= 11 is 0. The largest absolute Gasteiger partial charge is 0.417 e. The highest BCUT2D eigenvalue weighted by Crippen LogP contribution is 2.37. The van der Waals surface area contributed by atoms with E-state index in [1.807, 2.05) is 0 Å². The average molecular weight is 459 g/mol. The van der Waals surface area contributed by atoms with Crippen LogP contribution in [0.2, 0.25) is 18.1 Å². The maximum absolute atomic E-state index is 6.29. The molecule has 1 saturated heterocycles. The third kappa shape index (κ3) is 9.78. The summed E-state index contributed by atoms with van der Waals surface area (Å²) in [6.07, 6.45) is 14.1. The Morgan fingerprint density at radius 2 is 1.53 bits per heavy atom. The molecular formula is C28H50N2OSi. The molecule has 0 saturated carbocycles. The van der Waals surface area contributed by atoms with Crippen molar-refractivity contribution in [1.82, 2.24) is 5.01 Å². The zero-order chi connectivity index (χ0) is 23.5. The smallest absolute Gasteiger partial charge is 0.191 e. The van der Waals surface area contributed by atoms with Gasteiger partial charge in [-0.15, -0.1) is 0 Å². The highest BCUT2D eigenvalue weighted by Gasteiger charge is 2.37. The molecule has 0 aliphatic carbocycles. The SMILES string of the molecule is CCCC/C(CCCCCCCCCO[Si](C)(C)C(C)(C)C)=N/N1C[C@H]1c1ccccc1. The van der Waals surface area contributed by atoms with E-state index in [4.69, 9.17) is 9.53 Å². The first-order valence-electron chi connectivity index (χ1n) is 13.3. The molecule has 0 bridgehead atoms. The Hall–Kier alpha value is -1.13. The molecule has 1 fully saturated rings. The van der Waals surface area contributed by atoms with Crippen LogP contribution in [0.15, 0.2) is 35.4 Å².